The zero-order valence-electron chi connectivity index (χ0n) is 12.4. The molecule has 1 unspecified atom stereocenters. The molecule has 0 fully saturated rings. The Morgan fingerprint density at radius 2 is 2.17 bits per heavy atom. The van der Waals surface area contributed by atoms with Crippen LogP contribution in [0.3, 0.4) is 0 Å². The second kappa shape index (κ2) is 6.32. The molecule has 1 aliphatic carbocycles. The van der Waals surface area contributed by atoms with Crippen molar-refractivity contribution in [1.29, 1.82) is 0 Å². The number of aromatic nitrogens is 5. The lowest BCUT2D eigenvalue weighted by molar-refractivity contribution is -0.114. The van der Waals surface area contributed by atoms with Crippen molar-refractivity contribution in [2.24, 2.45) is 0 Å². The van der Waals surface area contributed by atoms with E-state index in [-0.39, 0.29) is 12.2 Å². The van der Waals surface area contributed by atoms with Crippen molar-refractivity contribution in [3.63, 3.8) is 0 Å². The average molecular weight is 347 g/mol. The van der Waals surface area contributed by atoms with Gasteiger partial charge in [-0.05, 0) is 12.0 Å². The predicted octanol–water partition coefficient (Wildman–Crippen LogP) is 0.0583. The first kappa shape index (κ1) is 16.0. The van der Waals surface area contributed by atoms with Gasteiger partial charge in [-0.2, -0.15) is 14.3 Å². The Kier molecular flexibility index (Phi) is 4.21. The van der Waals surface area contributed by atoms with Crippen molar-refractivity contribution >= 4 is 21.6 Å². The van der Waals surface area contributed by atoms with Gasteiger partial charge in [-0.25, -0.2) is 13.4 Å². The highest BCUT2D eigenvalue weighted by Gasteiger charge is 2.26. The summed E-state index contributed by atoms with van der Waals surface area (Å²) in [6.07, 6.45) is 10.5. The van der Waals surface area contributed by atoms with Crippen LogP contribution in [0, 0.1) is 0 Å². The van der Waals surface area contributed by atoms with Gasteiger partial charge in [0.05, 0.1) is 6.20 Å². The third-order valence-electron chi connectivity index (χ3n) is 3.45. The second-order valence-corrected chi connectivity index (χ2v) is 7.13. The fourth-order valence-corrected chi connectivity index (χ4v) is 3.58. The minimum Gasteiger partial charge on any atom is -0.290 e. The molecule has 9 nitrogen and oxygen atoms in total. The fraction of sp³-hybridized carbons (Fsp3) is 0.214. The van der Waals surface area contributed by atoms with Crippen LogP contribution in [0.2, 0.25) is 0 Å². The van der Waals surface area contributed by atoms with Crippen LogP contribution in [0.4, 0.5) is 0 Å². The third kappa shape index (κ3) is 3.08. The summed E-state index contributed by atoms with van der Waals surface area (Å²) in [5.41, 5.74) is 0.326. The number of hydrogen-bond acceptors (Lipinski definition) is 7. The highest BCUT2D eigenvalue weighted by atomic mass is 32.2. The lowest BCUT2D eigenvalue weighted by Gasteiger charge is -2.13. The van der Waals surface area contributed by atoms with Crippen molar-refractivity contribution in [2.45, 2.75) is 18.1 Å². The number of aromatic amines is 1. The third-order valence-corrected chi connectivity index (χ3v) is 5.28. The lowest BCUT2D eigenvalue weighted by atomic mass is 10.1. The molecule has 24 heavy (non-hydrogen) atoms. The van der Waals surface area contributed by atoms with Crippen LogP contribution in [0.1, 0.15) is 22.6 Å². The maximum atomic E-state index is 12.4. The molecule has 10 heteroatoms. The molecule has 0 bridgehead atoms. The SMILES string of the molecule is O=C(Cc1cnn(S(=O)(=O)C2C=CC=CC2)c1)C(=O)c1ncn[nH]1. The summed E-state index contributed by atoms with van der Waals surface area (Å²) in [5, 5.41) is 8.92. The van der Waals surface area contributed by atoms with E-state index in [1.54, 1.807) is 24.3 Å². The van der Waals surface area contributed by atoms with E-state index in [9.17, 15) is 18.0 Å². The van der Waals surface area contributed by atoms with E-state index in [0.29, 0.717) is 12.0 Å². The summed E-state index contributed by atoms with van der Waals surface area (Å²) in [6, 6.07) is 0. The van der Waals surface area contributed by atoms with Crippen LogP contribution in [0.15, 0.2) is 43.0 Å². The van der Waals surface area contributed by atoms with E-state index >= 15 is 0 Å². The summed E-state index contributed by atoms with van der Waals surface area (Å²) in [7, 11) is -3.70. The molecular weight excluding hydrogens is 334 g/mol. The van der Waals surface area contributed by atoms with Crippen molar-refractivity contribution in [2.75, 3.05) is 0 Å². The normalized spacial score (nSPS) is 17.1. The van der Waals surface area contributed by atoms with Crippen molar-refractivity contribution in [3.05, 3.63) is 54.4 Å². The molecule has 3 rings (SSSR count). The molecular formula is C14H13N5O4S. The predicted molar refractivity (Wildman–Crippen MR) is 82.7 cm³/mol. The van der Waals surface area contributed by atoms with Gasteiger partial charge in [0.25, 0.3) is 15.8 Å². The van der Waals surface area contributed by atoms with E-state index in [2.05, 4.69) is 20.3 Å². The Bertz CT molecular complexity index is 924. The minimum absolute atomic E-state index is 0.154. The number of ketones is 2. The Balaban J connectivity index is 1.74. The van der Waals surface area contributed by atoms with Crippen molar-refractivity contribution in [3.8, 4) is 0 Å². The maximum Gasteiger partial charge on any atom is 0.265 e. The molecule has 1 N–H and O–H groups in total. The van der Waals surface area contributed by atoms with E-state index in [1.807, 2.05) is 0 Å². The van der Waals surface area contributed by atoms with E-state index < -0.39 is 26.8 Å². The summed E-state index contributed by atoms with van der Waals surface area (Å²) >= 11 is 0. The number of nitrogens with one attached hydrogen (secondary N) is 1. The zero-order valence-corrected chi connectivity index (χ0v) is 13.2. The van der Waals surface area contributed by atoms with Gasteiger partial charge in [-0.3, -0.25) is 14.7 Å². The number of Topliss-reactive ketones (excluding diaryl/α,β-unsaturated/α-hetero) is 2. The highest BCUT2D eigenvalue weighted by Crippen LogP contribution is 2.16. The number of hydrogen-bond donors (Lipinski definition) is 1. The number of allylic oxidation sites excluding steroid dienone is 3. The molecule has 1 aliphatic rings. The smallest absolute Gasteiger partial charge is 0.265 e. The van der Waals surface area contributed by atoms with Gasteiger partial charge >= 0.3 is 0 Å². The van der Waals surface area contributed by atoms with Gasteiger partial charge in [-0.1, -0.05) is 24.3 Å². The van der Waals surface area contributed by atoms with Gasteiger partial charge < -0.3 is 0 Å². The van der Waals surface area contributed by atoms with Crippen LogP contribution in [-0.4, -0.2) is 49.6 Å². The summed E-state index contributed by atoms with van der Waals surface area (Å²) < 4.78 is 25.7. The molecule has 2 aromatic rings. The molecule has 0 aliphatic heterocycles. The summed E-state index contributed by atoms with van der Waals surface area (Å²) in [6.45, 7) is 0. The largest absolute Gasteiger partial charge is 0.290 e. The van der Waals surface area contributed by atoms with Crippen LogP contribution in [-0.2, 0) is 21.2 Å². The second-order valence-electron chi connectivity index (χ2n) is 5.12. The minimum atomic E-state index is -3.70. The van der Waals surface area contributed by atoms with Gasteiger partial charge in [0, 0.05) is 12.6 Å². The van der Waals surface area contributed by atoms with Crippen LogP contribution in [0.25, 0.3) is 0 Å². The maximum absolute atomic E-state index is 12.4. The number of rotatable bonds is 6. The van der Waals surface area contributed by atoms with Gasteiger partial charge in [-0.15, -0.1) is 0 Å². The number of carbonyl (C=O) groups is 2. The van der Waals surface area contributed by atoms with Crippen LogP contribution < -0.4 is 0 Å². The molecule has 0 saturated heterocycles. The fourth-order valence-electron chi connectivity index (χ4n) is 2.20. The number of carbonyl (C=O) groups excluding carboxylic acids is 2. The van der Waals surface area contributed by atoms with Gasteiger partial charge in [0.2, 0.25) is 5.78 Å². The molecule has 1 atom stereocenters. The lowest BCUT2D eigenvalue weighted by Crippen LogP contribution is -2.26. The monoisotopic (exact) mass is 347 g/mol. The quantitative estimate of drug-likeness (QED) is 0.578. The van der Waals surface area contributed by atoms with E-state index in [0.717, 1.165) is 10.4 Å². The van der Waals surface area contributed by atoms with Crippen molar-refractivity contribution < 1.29 is 18.0 Å². The number of nitrogens with zero attached hydrogens (tertiary/aromatic N) is 4. The first-order valence-electron chi connectivity index (χ1n) is 7.02. The van der Waals surface area contributed by atoms with Crippen LogP contribution in [0.5, 0.6) is 0 Å². The highest BCUT2D eigenvalue weighted by molar-refractivity contribution is 7.90. The van der Waals surface area contributed by atoms with Gasteiger partial charge in [0.15, 0.2) is 5.82 Å². The number of H-pyrrole nitrogens is 1. The molecule has 0 saturated carbocycles. The Morgan fingerprint density at radius 3 is 2.83 bits per heavy atom. The molecule has 2 aromatic heterocycles. The molecule has 0 spiro atoms. The molecule has 0 radical (unpaired) electrons. The zero-order chi connectivity index (χ0) is 17.2. The van der Waals surface area contributed by atoms with E-state index in [1.165, 1.54) is 12.4 Å². The standard InChI is InChI=1S/C14H13N5O4S/c20-12(13(21)14-15-9-16-18-14)6-10-7-17-19(8-10)24(22,23)11-4-2-1-3-5-11/h1-4,7-9,11H,5-6H2,(H,15,16,18). The van der Waals surface area contributed by atoms with Gasteiger partial charge in [0.1, 0.15) is 11.6 Å². The molecule has 0 amide bonds. The molecule has 2 heterocycles. The first-order valence-corrected chi connectivity index (χ1v) is 8.53. The van der Waals surface area contributed by atoms with Crippen molar-refractivity contribution in [1.82, 2.24) is 24.4 Å². The Labute approximate surface area is 137 Å². The van der Waals surface area contributed by atoms with Crippen LogP contribution >= 0.6 is 0 Å². The van der Waals surface area contributed by atoms with E-state index in [4.69, 9.17) is 0 Å². The Morgan fingerprint density at radius 1 is 1.33 bits per heavy atom. The topological polar surface area (TPSA) is 128 Å². The average Bonchev–Trinajstić information content (AvgIpc) is 3.27. The molecule has 0 aromatic carbocycles. The summed E-state index contributed by atoms with van der Waals surface area (Å²) in [4.78, 5) is 27.4. The first-order chi connectivity index (χ1) is 11.5. The summed E-state index contributed by atoms with van der Waals surface area (Å²) in [5.74, 6) is -1.70. The Hall–Kier alpha value is -2.88. The molecule has 124 valence electrons.